The van der Waals surface area contributed by atoms with Crippen LogP contribution in [-0.2, 0) is 4.79 Å². The topological polar surface area (TPSA) is 55.1 Å². The summed E-state index contributed by atoms with van der Waals surface area (Å²) in [6, 6.07) is 12.4. The van der Waals surface area contributed by atoms with E-state index < -0.39 is 0 Å². The molecule has 0 bridgehead atoms. The van der Waals surface area contributed by atoms with Crippen LogP contribution in [0.15, 0.2) is 47.4 Å². The Morgan fingerprint density at radius 3 is 2.48 bits per heavy atom. The van der Waals surface area contributed by atoms with E-state index in [0.717, 1.165) is 4.90 Å². The molecular weight excluding hydrogens is 327 g/mol. The zero-order chi connectivity index (χ0) is 15.4. The molecule has 3 N–H and O–H groups in total. The maximum atomic E-state index is 12.1. The molecule has 6 heteroatoms. The lowest BCUT2D eigenvalue weighted by Gasteiger charge is -2.12. The van der Waals surface area contributed by atoms with Gasteiger partial charge in [0.05, 0.1) is 16.0 Å². The van der Waals surface area contributed by atoms with Crippen molar-refractivity contribution in [3.05, 3.63) is 52.5 Å². The van der Waals surface area contributed by atoms with Crippen LogP contribution < -0.4 is 11.1 Å². The van der Waals surface area contributed by atoms with E-state index in [9.17, 15) is 4.79 Å². The number of benzene rings is 2. The molecule has 1 unspecified atom stereocenters. The Labute approximate surface area is 137 Å². The van der Waals surface area contributed by atoms with Crippen LogP contribution in [0.25, 0.3) is 0 Å². The van der Waals surface area contributed by atoms with E-state index in [1.807, 2.05) is 19.1 Å². The summed E-state index contributed by atoms with van der Waals surface area (Å²) in [6.45, 7) is 1.84. The lowest BCUT2D eigenvalue weighted by molar-refractivity contribution is -0.115. The van der Waals surface area contributed by atoms with Gasteiger partial charge in [0.1, 0.15) is 0 Å². The van der Waals surface area contributed by atoms with Gasteiger partial charge in [-0.1, -0.05) is 23.2 Å². The van der Waals surface area contributed by atoms with Crippen molar-refractivity contribution in [1.29, 1.82) is 0 Å². The average molecular weight is 341 g/mol. The predicted molar refractivity (Wildman–Crippen MR) is 91.3 cm³/mol. The fourth-order valence-electron chi connectivity index (χ4n) is 1.64. The second-order valence-electron chi connectivity index (χ2n) is 4.44. The molecular formula is C15H14Cl2N2OS. The second-order valence-corrected chi connectivity index (χ2v) is 6.70. The zero-order valence-corrected chi connectivity index (χ0v) is 13.6. The maximum Gasteiger partial charge on any atom is 0.237 e. The third-order valence-corrected chi connectivity index (χ3v) is 4.47. The Morgan fingerprint density at radius 1 is 1.19 bits per heavy atom. The number of hydrogen-bond donors (Lipinski definition) is 2. The molecule has 0 aliphatic rings. The minimum Gasteiger partial charge on any atom is -0.397 e. The van der Waals surface area contributed by atoms with Gasteiger partial charge < -0.3 is 11.1 Å². The van der Waals surface area contributed by atoms with Crippen molar-refractivity contribution in [3.8, 4) is 0 Å². The summed E-state index contributed by atoms with van der Waals surface area (Å²) in [4.78, 5) is 13.1. The highest BCUT2D eigenvalue weighted by Crippen LogP contribution is 2.27. The largest absolute Gasteiger partial charge is 0.397 e. The minimum atomic E-state index is -0.247. The van der Waals surface area contributed by atoms with Crippen LogP contribution in [0, 0.1) is 0 Å². The molecule has 3 nitrogen and oxygen atoms in total. The number of carbonyl (C=O) groups excluding carboxylic acids is 1. The Balaban J connectivity index is 1.98. The molecule has 0 spiro atoms. The number of carbonyl (C=O) groups is 1. The van der Waals surface area contributed by atoms with E-state index >= 15 is 0 Å². The summed E-state index contributed by atoms with van der Waals surface area (Å²) in [5.41, 5.74) is 6.78. The number of amides is 1. The number of nitrogens with one attached hydrogen (secondary N) is 1. The molecule has 0 radical (unpaired) electrons. The van der Waals surface area contributed by atoms with Crippen molar-refractivity contribution < 1.29 is 4.79 Å². The van der Waals surface area contributed by atoms with Gasteiger partial charge in [-0.3, -0.25) is 4.79 Å². The van der Waals surface area contributed by atoms with Crippen LogP contribution in [0.1, 0.15) is 6.92 Å². The Bertz CT molecular complexity index is 647. The monoisotopic (exact) mass is 340 g/mol. The van der Waals surface area contributed by atoms with Crippen molar-refractivity contribution in [1.82, 2.24) is 0 Å². The molecule has 0 heterocycles. The van der Waals surface area contributed by atoms with Gasteiger partial charge >= 0.3 is 0 Å². The van der Waals surface area contributed by atoms with Crippen molar-refractivity contribution in [3.63, 3.8) is 0 Å². The minimum absolute atomic E-state index is 0.100. The highest BCUT2D eigenvalue weighted by molar-refractivity contribution is 8.00. The first-order valence-corrected chi connectivity index (χ1v) is 7.87. The summed E-state index contributed by atoms with van der Waals surface area (Å²) in [6.07, 6.45) is 0. The van der Waals surface area contributed by atoms with Crippen LogP contribution in [0.2, 0.25) is 10.0 Å². The van der Waals surface area contributed by atoms with E-state index in [-0.39, 0.29) is 11.2 Å². The molecule has 0 saturated carbocycles. The van der Waals surface area contributed by atoms with E-state index in [0.29, 0.717) is 21.4 Å². The summed E-state index contributed by atoms with van der Waals surface area (Å²) in [7, 11) is 0. The summed E-state index contributed by atoms with van der Waals surface area (Å²) in [5.74, 6) is -0.100. The van der Waals surface area contributed by atoms with Crippen LogP contribution in [0.4, 0.5) is 11.4 Å². The number of anilines is 2. The van der Waals surface area contributed by atoms with Gasteiger partial charge in [0, 0.05) is 15.6 Å². The molecule has 2 aromatic rings. The Kier molecular flexibility index (Phi) is 5.39. The normalized spacial score (nSPS) is 12.0. The SMILES string of the molecule is CC(Sc1ccc(Cl)cc1)C(=O)Nc1ccc(Cl)c(N)c1. The molecule has 0 saturated heterocycles. The number of rotatable bonds is 4. The van der Waals surface area contributed by atoms with Crippen LogP contribution in [0.5, 0.6) is 0 Å². The van der Waals surface area contributed by atoms with Gasteiger partial charge in [0.25, 0.3) is 0 Å². The lowest BCUT2D eigenvalue weighted by Crippen LogP contribution is -2.22. The third kappa shape index (κ3) is 4.56. The predicted octanol–water partition coefficient (Wildman–Crippen LogP) is 4.69. The standard InChI is InChI=1S/C15H14Cl2N2OS/c1-9(21-12-5-2-10(16)3-6-12)15(20)19-11-4-7-13(17)14(18)8-11/h2-9H,18H2,1H3,(H,19,20). The molecule has 2 aromatic carbocycles. The highest BCUT2D eigenvalue weighted by Gasteiger charge is 2.15. The van der Waals surface area contributed by atoms with E-state index in [2.05, 4.69) is 5.32 Å². The smallest absolute Gasteiger partial charge is 0.237 e. The fraction of sp³-hybridized carbons (Fsp3) is 0.133. The number of thioether (sulfide) groups is 1. The molecule has 0 fully saturated rings. The molecule has 0 aliphatic carbocycles. The number of halogens is 2. The second kappa shape index (κ2) is 7.07. The van der Waals surface area contributed by atoms with Crippen LogP contribution in [-0.4, -0.2) is 11.2 Å². The molecule has 110 valence electrons. The van der Waals surface area contributed by atoms with Crippen LogP contribution >= 0.6 is 35.0 Å². The molecule has 2 rings (SSSR count). The molecule has 21 heavy (non-hydrogen) atoms. The van der Waals surface area contributed by atoms with Gasteiger partial charge in [-0.2, -0.15) is 0 Å². The molecule has 0 aromatic heterocycles. The zero-order valence-electron chi connectivity index (χ0n) is 11.3. The number of nitrogens with two attached hydrogens (primary N) is 1. The van der Waals surface area contributed by atoms with Crippen molar-refractivity contribution in [2.45, 2.75) is 17.1 Å². The van der Waals surface area contributed by atoms with Crippen LogP contribution in [0.3, 0.4) is 0 Å². The summed E-state index contributed by atoms with van der Waals surface area (Å²) < 4.78 is 0. The number of hydrogen-bond acceptors (Lipinski definition) is 3. The van der Waals surface area contributed by atoms with Crippen molar-refractivity contribution in [2.24, 2.45) is 0 Å². The molecule has 1 amide bonds. The van der Waals surface area contributed by atoms with E-state index in [1.54, 1.807) is 30.3 Å². The van der Waals surface area contributed by atoms with Crippen molar-refractivity contribution >= 4 is 52.2 Å². The summed E-state index contributed by atoms with van der Waals surface area (Å²) in [5, 5.41) is 3.71. The van der Waals surface area contributed by atoms with Crippen molar-refractivity contribution in [2.75, 3.05) is 11.1 Å². The van der Waals surface area contributed by atoms with Gasteiger partial charge in [-0.15, -0.1) is 11.8 Å². The first-order chi connectivity index (χ1) is 9.95. The van der Waals surface area contributed by atoms with Gasteiger partial charge in [0.2, 0.25) is 5.91 Å². The van der Waals surface area contributed by atoms with E-state index in [4.69, 9.17) is 28.9 Å². The average Bonchev–Trinajstić information content (AvgIpc) is 2.45. The van der Waals surface area contributed by atoms with Gasteiger partial charge in [0.15, 0.2) is 0 Å². The third-order valence-electron chi connectivity index (χ3n) is 2.76. The first-order valence-electron chi connectivity index (χ1n) is 6.24. The Hall–Kier alpha value is -1.36. The lowest BCUT2D eigenvalue weighted by atomic mass is 10.2. The molecule has 0 aliphatic heterocycles. The first kappa shape index (κ1) is 16.0. The van der Waals surface area contributed by atoms with E-state index in [1.165, 1.54) is 11.8 Å². The van der Waals surface area contributed by atoms with Gasteiger partial charge in [-0.25, -0.2) is 0 Å². The Morgan fingerprint density at radius 2 is 1.86 bits per heavy atom. The fourth-order valence-corrected chi connectivity index (χ4v) is 2.75. The quantitative estimate of drug-likeness (QED) is 0.626. The highest BCUT2D eigenvalue weighted by atomic mass is 35.5. The molecule has 1 atom stereocenters. The number of nitrogen functional groups attached to an aromatic ring is 1. The summed E-state index contributed by atoms with van der Waals surface area (Å²) >= 11 is 13.1. The maximum absolute atomic E-state index is 12.1. The van der Waals surface area contributed by atoms with Gasteiger partial charge in [-0.05, 0) is 49.4 Å².